The maximum Gasteiger partial charge on any atom is 0.163 e. The summed E-state index contributed by atoms with van der Waals surface area (Å²) in [5.41, 5.74) is 2.09. The molecule has 3 rings (SSSR count). The molecule has 1 saturated carbocycles. The van der Waals surface area contributed by atoms with Gasteiger partial charge in [0.1, 0.15) is 5.75 Å². The second kappa shape index (κ2) is 5.13. The van der Waals surface area contributed by atoms with Crippen LogP contribution >= 0.6 is 0 Å². The summed E-state index contributed by atoms with van der Waals surface area (Å²) in [7, 11) is 0. The molecule has 2 aliphatic carbocycles. The van der Waals surface area contributed by atoms with E-state index >= 15 is 0 Å². The standard InChI is InChI=1S/C16H20O2/c17-16-7-3-6-13-10-14(8-9-15(13)16)18-11-12-4-1-2-5-12/h8-10,12H,1-7,11H2. The summed E-state index contributed by atoms with van der Waals surface area (Å²) in [6.07, 6.45) is 8.03. The van der Waals surface area contributed by atoms with Crippen LogP contribution in [0.1, 0.15) is 54.4 Å². The zero-order chi connectivity index (χ0) is 12.4. The quantitative estimate of drug-likeness (QED) is 0.809. The van der Waals surface area contributed by atoms with E-state index in [1.54, 1.807) is 0 Å². The van der Waals surface area contributed by atoms with E-state index in [1.807, 2.05) is 12.1 Å². The van der Waals surface area contributed by atoms with Crippen molar-refractivity contribution in [3.63, 3.8) is 0 Å². The lowest BCUT2D eigenvalue weighted by atomic mass is 9.90. The van der Waals surface area contributed by atoms with Crippen molar-refractivity contribution in [1.82, 2.24) is 0 Å². The second-order valence-electron chi connectivity index (χ2n) is 5.56. The summed E-state index contributed by atoms with van der Waals surface area (Å²) in [5.74, 6) is 1.97. The first-order valence-electron chi connectivity index (χ1n) is 7.12. The highest BCUT2D eigenvalue weighted by atomic mass is 16.5. The summed E-state index contributed by atoms with van der Waals surface area (Å²) >= 11 is 0. The summed E-state index contributed by atoms with van der Waals surface area (Å²) in [6.45, 7) is 0.840. The molecule has 2 nitrogen and oxygen atoms in total. The lowest BCUT2D eigenvalue weighted by Crippen LogP contribution is -2.12. The smallest absolute Gasteiger partial charge is 0.163 e. The van der Waals surface area contributed by atoms with Crippen molar-refractivity contribution in [1.29, 1.82) is 0 Å². The molecule has 18 heavy (non-hydrogen) atoms. The van der Waals surface area contributed by atoms with E-state index in [-0.39, 0.29) is 0 Å². The Labute approximate surface area is 108 Å². The van der Waals surface area contributed by atoms with Crippen molar-refractivity contribution >= 4 is 5.78 Å². The van der Waals surface area contributed by atoms with Crippen LogP contribution in [0.25, 0.3) is 0 Å². The molecule has 0 radical (unpaired) electrons. The van der Waals surface area contributed by atoms with Crippen LogP contribution in [0, 0.1) is 5.92 Å². The monoisotopic (exact) mass is 244 g/mol. The third kappa shape index (κ3) is 2.43. The van der Waals surface area contributed by atoms with E-state index < -0.39 is 0 Å². The third-order valence-electron chi connectivity index (χ3n) is 4.19. The molecule has 2 aliphatic rings. The van der Waals surface area contributed by atoms with Gasteiger partial charge in [-0.3, -0.25) is 4.79 Å². The zero-order valence-corrected chi connectivity index (χ0v) is 10.8. The number of Topliss-reactive ketones (excluding diaryl/α,β-unsaturated/α-hetero) is 1. The van der Waals surface area contributed by atoms with E-state index in [2.05, 4.69) is 6.07 Å². The number of ketones is 1. The Bertz CT molecular complexity index is 444. The van der Waals surface area contributed by atoms with Gasteiger partial charge in [0.25, 0.3) is 0 Å². The molecule has 0 heterocycles. The molecule has 0 aromatic heterocycles. The molecule has 1 aromatic carbocycles. The van der Waals surface area contributed by atoms with Crippen LogP contribution in [0.4, 0.5) is 0 Å². The molecule has 0 N–H and O–H groups in total. The predicted molar refractivity (Wildman–Crippen MR) is 71.2 cm³/mol. The normalized spacial score (nSPS) is 19.9. The van der Waals surface area contributed by atoms with Crippen LogP contribution < -0.4 is 4.74 Å². The summed E-state index contributed by atoms with van der Waals surface area (Å²) in [6, 6.07) is 5.97. The van der Waals surface area contributed by atoms with Crippen LogP contribution in [0.5, 0.6) is 5.75 Å². The topological polar surface area (TPSA) is 26.3 Å². The Hall–Kier alpha value is -1.31. The first-order valence-corrected chi connectivity index (χ1v) is 7.12. The van der Waals surface area contributed by atoms with Crippen LogP contribution in [0.3, 0.4) is 0 Å². The Kier molecular flexibility index (Phi) is 3.35. The molecule has 2 heteroatoms. The SMILES string of the molecule is O=C1CCCc2cc(OCC3CCCC3)ccc21. The van der Waals surface area contributed by atoms with Crippen molar-refractivity contribution in [3.05, 3.63) is 29.3 Å². The van der Waals surface area contributed by atoms with Crippen LogP contribution in [0.2, 0.25) is 0 Å². The number of fused-ring (bicyclic) bond motifs is 1. The van der Waals surface area contributed by atoms with Crippen LogP contribution in [-0.2, 0) is 6.42 Å². The zero-order valence-electron chi connectivity index (χ0n) is 10.8. The van der Waals surface area contributed by atoms with Gasteiger partial charge in [0.05, 0.1) is 6.61 Å². The molecule has 96 valence electrons. The minimum absolute atomic E-state index is 0.290. The van der Waals surface area contributed by atoms with Gasteiger partial charge in [0, 0.05) is 12.0 Å². The van der Waals surface area contributed by atoms with Gasteiger partial charge in [-0.05, 0) is 55.4 Å². The molecule has 0 bridgehead atoms. The van der Waals surface area contributed by atoms with Gasteiger partial charge in [-0.1, -0.05) is 12.8 Å². The highest BCUT2D eigenvalue weighted by Gasteiger charge is 2.18. The molecule has 0 saturated heterocycles. The van der Waals surface area contributed by atoms with Crippen LogP contribution in [-0.4, -0.2) is 12.4 Å². The van der Waals surface area contributed by atoms with Gasteiger partial charge in [0.2, 0.25) is 0 Å². The first-order chi connectivity index (χ1) is 8.83. The van der Waals surface area contributed by atoms with E-state index in [4.69, 9.17) is 4.74 Å². The third-order valence-corrected chi connectivity index (χ3v) is 4.19. The fraction of sp³-hybridized carbons (Fsp3) is 0.562. The van der Waals surface area contributed by atoms with Crippen molar-refractivity contribution in [3.8, 4) is 5.75 Å². The van der Waals surface area contributed by atoms with Gasteiger partial charge in [-0.25, -0.2) is 0 Å². The molecule has 0 amide bonds. The maximum absolute atomic E-state index is 11.7. The summed E-state index contributed by atoms with van der Waals surface area (Å²) in [5, 5.41) is 0. The lowest BCUT2D eigenvalue weighted by molar-refractivity contribution is 0.0972. The summed E-state index contributed by atoms with van der Waals surface area (Å²) < 4.78 is 5.88. The average molecular weight is 244 g/mol. The largest absolute Gasteiger partial charge is 0.493 e. The molecule has 0 atom stereocenters. The first kappa shape index (κ1) is 11.8. The maximum atomic E-state index is 11.7. The highest BCUT2D eigenvalue weighted by molar-refractivity contribution is 5.98. The van der Waals surface area contributed by atoms with E-state index in [1.165, 1.54) is 31.2 Å². The Morgan fingerprint density at radius 1 is 1.11 bits per heavy atom. The second-order valence-corrected chi connectivity index (χ2v) is 5.56. The fourth-order valence-corrected chi connectivity index (χ4v) is 3.10. The van der Waals surface area contributed by atoms with Gasteiger partial charge in [0.15, 0.2) is 5.78 Å². The minimum Gasteiger partial charge on any atom is -0.493 e. The van der Waals surface area contributed by atoms with E-state index in [0.29, 0.717) is 12.2 Å². The molecular formula is C16H20O2. The number of hydrogen-bond acceptors (Lipinski definition) is 2. The molecular weight excluding hydrogens is 224 g/mol. The fourth-order valence-electron chi connectivity index (χ4n) is 3.10. The van der Waals surface area contributed by atoms with Gasteiger partial charge >= 0.3 is 0 Å². The number of aryl methyl sites for hydroxylation is 1. The van der Waals surface area contributed by atoms with Crippen molar-refractivity contribution in [2.24, 2.45) is 5.92 Å². The van der Waals surface area contributed by atoms with Crippen LogP contribution in [0.15, 0.2) is 18.2 Å². The molecule has 1 fully saturated rings. The van der Waals surface area contributed by atoms with Crippen molar-refractivity contribution < 1.29 is 9.53 Å². The number of hydrogen-bond donors (Lipinski definition) is 0. The van der Waals surface area contributed by atoms with Crippen molar-refractivity contribution in [2.45, 2.75) is 44.9 Å². The lowest BCUT2D eigenvalue weighted by Gasteiger charge is -2.17. The number of rotatable bonds is 3. The van der Waals surface area contributed by atoms with Crippen molar-refractivity contribution in [2.75, 3.05) is 6.61 Å². The van der Waals surface area contributed by atoms with E-state index in [9.17, 15) is 4.79 Å². The number of benzene rings is 1. The Morgan fingerprint density at radius 2 is 1.94 bits per heavy atom. The van der Waals surface area contributed by atoms with E-state index in [0.717, 1.165) is 36.7 Å². The number of carbonyl (C=O) groups is 1. The predicted octanol–water partition coefficient (Wildman–Crippen LogP) is 3.77. The molecule has 1 aromatic rings. The average Bonchev–Trinajstić information content (AvgIpc) is 2.90. The number of carbonyl (C=O) groups excluding carboxylic acids is 1. The number of ether oxygens (including phenoxy) is 1. The Balaban J connectivity index is 1.67. The molecule has 0 unspecified atom stereocenters. The minimum atomic E-state index is 0.290. The molecule has 0 aliphatic heterocycles. The van der Waals surface area contributed by atoms with Gasteiger partial charge in [-0.15, -0.1) is 0 Å². The molecule has 0 spiro atoms. The summed E-state index contributed by atoms with van der Waals surface area (Å²) in [4.78, 5) is 11.7. The van der Waals surface area contributed by atoms with Gasteiger partial charge < -0.3 is 4.74 Å². The Morgan fingerprint density at radius 3 is 2.78 bits per heavy atom. The highest BCUT2D eigenvalue weighted by Crippen LogP contribution is 2.28. The van der Waals surface area contributed by atoms with Gasteiger partial charge in [-0.2, -0.15) is 0 Å².